The van der Waals surface area contributed by atoms with E-state index >= 15 is 0 Å². The quantitative estimate of drug-likeness (QED) is 0.487. The average Bonchev–Trinajstić information content (AvgIpc) is 2.54. The maximum atomic E-state index is 12.5. The van der Waals surface area contributed by atoms with Gasteiger partial charge in [-0.1, -0.05) is 42.1 Å². The largest absolute Gasteiger partial charge is 0.474 e. The Hall–Kier alpha value is -1.96. The number of amides is 1. The number of rotatable bonds is 4. The van der Waals surface area contributed by atoms with Crippen molar-refractivity contribution < 1.29 is 24.3 Å². The normalized spacial score (nSPS) is 30.6. The predicted molar refractivity (Wildman–Crippen MR) is 82.1 cm³/mol. The number of aliphatic imine (C=N–C) groups is 1. The molecule has 1 amide bonds. The fourth-order valence-corrected chi connectivity index (χ4v) is 4.19. The van der Waals surface area contributed by atoms with Crippen LogP contribution in [0.15, 0.2) is 47.1 Å². The van der Waals surface area contributed by atoms with Crippen molar-refractivity contribution in [1.29, 1.82) is 0 Å². The van der Waals surface area contributed by atoms with Gasteiger partial charge in [0.15, 0.2) is 12.1 Å². The van der Waals surface area contributed by atoms with E-state index in [1.54, 1.807) is 6.21 Å². The summed E-state index contributed by atoms with van der Waals surface area (Å²) in [5.74, 6) is -1.05. The number of carbonyl (C=O) groups excluding carboxylic acids is 1. The number of carboxylic acids is 1. The van der Waals surface area contributed by atoms with Crippen molar-refractivity contribution in [2.24, 2.45) is 4.99 Å². The molecule has 114 valence electrons. The first-order valence-electron chi connectivity index (χ1n) is 6.78. The number of aliphatic carboxylic acids is 1. The van der Waals surface area contributed by atoms with Crippen LogP contribution in [0.1, 0.15) is 5.56 Å². The fourth-order valence-electron chi connectivity index (χ4n) is 2.83. The van der Waals surface area contributed by atoms with Crippen LogP contribution < -0.4 is 0 Å². The van der Waals surface area contributed by atoms with Gasteiger partial charge in [-0.2, -0.15) is 4.48 Å². The van der Waals surface area contributed by atoms with Crippen molar-refractivity contribution in [3.63, 3.8) is 0 Å². The SMILES string of the molecule is O=C(O)C1=CCS[C@H]2C(N=Cc3ccccc3)C(=O)[N+]12CO. The highest BCUT2D eigenvalue weighted by molar-refractivity contribution is 8.00. The molecule has 2 heterocycles. The number of β-lactam (4-membered cyclic amide) rings is 1. The summed E-state index contributed by atoms with van der Waals surface area (Å²) >= 11 is 1.44. The summed E-state index contributed by atoms with van der Waals surface area (Å²) in [6.07, 6.45) is 3.11. The zero-order valence-corrected chi connectivity index (χ0v) is 12.4. The molecule has 1 saturated heterocycles. The van der Waals surface area contributed by atoms with Crippen LogP contribution in [-0.4, -0.2) is 56.7 Å². The highest BCUT2D eigenvalue weighted by Gasteiger charge is 2.68. The molecule has 0 aromatic heterocycles. The van der Waals surface area contributed by atoms with Gasteiger partial charge < -0.3 is 10.2 Å². The lowest BCUT2D eigenvalue weighted by atomic mass is 10.0. The van der Waals surface area contributed by atoms with Crippen molar-refractivity contribution in [3.05, 3.63) is 47.7 Å². The van der Waals surface area contributed by atoms with Crippen LogP contribution >= 0.6 is 11.8 Å². The van der Waals surface area contributed by atoms with Crippen LogP contribution in [-0.2, 0) is 9.59 Å². The number of carboxylic acid groups (broad SMARTS) is 1. The van der Waals surface area contributed by atoms with Crippen molar-refractivity contribution in [1.82, 2.24) is 0 Å². The fraction of sp³-hybridized carbons (Fsp3) is 0.267. The molecule has 1 aromatic rings. The zero-order valence-electron chi connectivity index (χ0n) is 11.6. The van der Waals surface area contributed by atoms with Gasteiger partial charge in [0.25, 0.3) is 0 Å². The zero-order chi connectivity index (χ0) is 15.7. The van der Waals surface area contributed by atoms with Gasteiger partial charge in [-0.25, -0.2) is 9.59 Å². The lowest BCUT2D eigenvalue weighted by Crippen LogP contribution is -2.77. The van der Waals surface area contributed by atoms with E-state index in [9.17, 15) is 19.8 Å². The minimum Gasteiger partial charge on any atom is -0.474 e. The average molecular weight is 319 g/mol. The lowest BCUT2D eigenvalue weighted by molar-refractivity contribution is -0.872. The number of hydrogen-bond donors (Lipinski definition) is 2. The topological polar surface area (TPSA) is 87.0 Å². The van der Waals surface area contributed by atoms with Crippen LogP contribution in [0.3, 0.4) is 0 Å². The molecule has 0 spiro atoms. The molecule has 1 aromatic carbocycles. The molecule has 1 fully saturated rings. The second-order valence-corrected chi connectivity index (χ2v) is 6.25. The number of nitrogens with zero attached hydrogens (tertiary/aromatic N) is 2. The predicted octanol–water partition coefficient (Wildman–Crippen LogP) is 0.822. The summed E-state index contributed by atoms with van der Waals surface area (Å²) in [5.41, 5.74) is 0.821. The first-order valence-corrected chi connectivity index (χ1v) is 7.83. The van der Waals surface area contributed by atoms with Gasteiger partial charge in [-0.15, -0.1) is 0 Å². The Morgan fingerprint density at radius 2 is 2.14 bits per heavy atom. The molecule has 0 saturated carbocycles. The first kappa shape index (κ1) is 15.0. The van der Waals surface area contributed by atoms with Gasteiger partial charge in [0.2, 0.25) is 11.7 Å². The molecule has 3 atom stereocenters. The molecular weight excluding hydrogens is 304 g/mol. The molecular formula is C15H15N2O4S+. The van der Waals surface area contributed by atoms with Gasteiger partial charge >= 0.3 is 11.9 Å². The van der Waals surface area contributed by atoms with E-state index in [2.05, 4.69) is 4.99 Å². The highest BCUT2D eigenvalue weighted by atomic mass is 32.2. The summed E-state index contributed by atoms with van der Waals surface area (Å²) in [7, 11) is 0. The Morgan fingerprint density at radius 1 is 1.41 bits per heavy atom. The van der Waals surface area contributed by atoms with E-state index in [0.29, 0.717) is 5.75 Å². The third-order valence-corrected chi connectivity index (χ3v) is 5.27. The smallest absolute Gasteiger partial charge is 0.390 e. The molecule has 2 unspecified atom stereocenters. The summed E-state index contributed by atoms with van der Waals surface area (Å²) in [4.78, 5) is 28.1. The van der Waals surface area contributed by atoms with Crippen LogP contribution in [0.2, 0.25) is 0 Å². The Labute approximate surface area is 131 Å². The number of hydrogen-bond acceptors (Lipinski definition) is 5. The van der Waals surface area contributed by atoms with Crippen LogP contribution in [0, 0.1) is 0 Å². The van der Waals surface area contributed by atoms with E-state index in [-0.39, 0.29) is 17.0 Å². The molecule has 6 nitrogen and oxygen atoms in total. The Balaban J connectivity index is 1.87. The minimum absolute atomic E-state index is 0.0533. The van der Waals surface area contributed by atoms with E-state index in [4.69, 9.17) is 0 Å². The standard InChI is InChI=1S/C15H14N2O4S/c18-9-17-11(15(20)21)6-7-22-14(17)12(13(17)19)16-8-10-4-2-1-3-5-10/h1-6,8,12,14,18H,7,9H2/p+1/t12?,14-,17?/m0/s1. The van der Waals surface area contributed by atoms with Crippen molar-refractivity contribution in [3.8, 4) is 0 Å². The number of carbonyl (C=O) groups is 2. The second-order valence-electron chi connectivity index (χ2n) is 5.10. The third-order valence-electron chi connectivity index (χ3n) is 3.95. The minimum atomic E-state index is -1.17. The van der Waals surface area contributed by atoms with E-state index in [0.717, 1.165) is 5.56 Å². The Kier molecular flexibility index (Phi) is 3.86. The van der Waals surface area contributed by atoms with Crippen molar-refractivity contribution in [2.45, 2.75) is 11.4 Å². The maximum absolute atomic E-state index is 12.5. The van der Waals surface area contributed by atoms with Crippen molar-refractivity contribution >= 4 is 29.9 Å². The molecule has 2 aliphatic heterocycles. The number of quaternary nitrogens is 1. The number of fused-ring (bicyclic) bond motifs is 1. The van der Waals surface area contributed by atoms with Gasteiger partial charge in [0.05, 0.1) is 0 Å². The second kappa shape index (κ2) is 5.68. The molecule has 2 N–H and O–H groups in total. The highest BCUT2D eigenvalue weighted by Crippen LogP contribution is 2.46. The van der Waals surface area contributed by atoms with Gasteiger partial charge in [0, 0.05) is 12.0 Å². The molecule has 0 radical (unpaired) electrons. The van der Waals surface area contributed by atoms with Crippen LogP contribution in [0.4, 0.5) is 0 Å². The Morgan fingerprint density at radius 3 is 2.77 bits per heavy atom. The van der Waals surface area contributed by atoms with Gasteiger partial charge in [0.1, 0.15) is 0 Å². The molecule has 0 aliphatic carbocycles. The van der Waals surface area contributed by atoms with Gasteiger partial charge in [-0.3, -0.25) is 4.99 Å². The van der Waals surface area contributed by atoms with E-state index in [1.165, 1.54) is 17.8 Å². The Bertz CT molecular complexity index is 673. The molecule has 22 heavy (non-hydrogen) atoms. The third kappa shape index (κ3) is 2.09. The molecule has 3 rings (SSSR count). The van der Waals surface area contributed by atoms with E-state index < -0.39 is 23.2 Å². The van der Waals surface area contributed by atoms with Crippen LogP contribution in [0.25, 0.3) is 0 Å². The number of benzene rings is 1. The van der Waals surface area contributed by atoms with Gasteiger partial charge in [-0.05, 0) is 11.6 Å². The first-order chi connectivity index (χ1) is 10.6. The van der Waals surface area contributed by atoms with Crippen LogP contribution in [0.5, 0.6) is 0 Å². The summed E-state index contributed by atoms with van der Waals surface area (Å²) in [6.45, 7) is -0.550. The number of thioether (sulfide) groups is 1. The van der Waals surface area contributed by atoms with E-state index in [1.807, 2.05) is 30.3 Å². The molecule has 7 heteroatoms. The lowest BCUT2D eigenvalue weighted by Gasteiger charge is -2.51. The molecule has 2 aliphatic rings. The number of aliphatic hydroxyl groups is 1. The number of aliphatic hydroxyl groups excluding tert-OH is 1. The summed E-state index contributed by atoms with van der Waals surface area (Å²) < 4.78 is -0.531. The summed E-state index contributed by atoms with van der Waals surface area (Å²) in [5, 5.41) is 18.5. The molecule has 0 bridgehead atoms. The monoisotopic (exact) mass is 319 g/mol. The summed E-state index contributed by atoms with van der Waals surface area (Å²) in [6, 6.07) is 8.76. The maximum Gasteiger partial charge on any atom is 0.390 e. The van der Waals surface area contributed by atoms with Crippen molar-refractivity contribution in [2.75, 3.05) is 12.5 Å².